The number of anilines is 2. The lowest BCUT2D eigenvalue weighted by atomic mass is 9.85. The zero-order valence-corrected chi connectivity index (χ0v) is 31.4. The summed E-state index contributed by atoms with van der Waals surface area (Å²) >= 11 is 0. The van der Waals surface area contributed by atoms with E-state index in [4.69, 9.17) is 0 Å². The fraction of sp³-hybridized carbons (Fsp3) is 0.372. The minimum Gasteiger partial charge on any atom is -0.369 e. The van der Waals surface area contributed by atoms with Crippen LogP contribution in [0, 0.1) is 29.1 Å². The van der Waals surface area contributed by atoms with Crippen LogP contribution in [0.5, 0.6) is 0 Å². The molecule has 1 unspecified atom stereocenters. The number of piperazine rings is 1. The van der Waals surface area contributed by atoms with Crippen LogP contribution < -0.4 is 15.5 Å². The summed E-state index contributed by atoms with van der Waals surface area (Å²) in [4.78, 5) is 69.8. The summed E-state index contributed by atoms with van der Waals surface area (Å²) in [5, 5.41) is 20.9. The molecular weight excluding hydrogens is 709 g/mol. The number of hydrogen-bond donors (Lipinski definition) is 2. The summed E-state index contributed by atoms with van der Waals surface area (Å²) in [6.07, 6.45) is 7.86. The molecule has 1 aliphatic carbocycles. The van der Waals surface area contributed by atoms with Gasteiger partial charge < -0.3 is 10.2 Å². The van der Waals surface area contributed by atoms with E-state index in [1.54, 1.807) is 35.1 Å². The SMILES string of the molecule is CC(C)(C(=O)Nc1ccc(C#N)c2ccccc12)n1cc(C#CC2CCC(N3CCN(c4ccc5c(c4)C(=O)N(C4CCC(=O)NC4=O)C5=O)CC3)CC2)cn1. The van der Waals surface area contributed by atoms with Gasteiger partial charge in [-0.2, -0.15) is 10.4 Å². The monoisotopic (exact) mass is 750 g/mol. The number of amides is 5. The van der Waals surface area contributed by atoms with Crippen LogP contribution in [0.15, 0.2) is 67.0 Å². The van der Waals surface area contributed by atoms with Crippen molar-refractivity contribution in [2.45, 2.75) is 70.0 Å². The Balaban J connectivity index is 0.829. The number of fused-ring (bicyclic) bond motifs is 2. The van der Waals surface area contributed by atoms with Crippen molar-refractivity contribution in [1.29, 1.82) is 5.26 Å². The number of carbonyl (C=O) groups excluding carboxylic acids is 5. The highest BCUT2D eigenvalue weighted by Crippen LogP contribution is 2.33. The Morgan fingerprint density at radius 2 is 1.62 bits per heavy atom. The molecule has 4 aliphatic rings. The summed E-state index contributed by atoms with van der Waals surface area (Å²) in [6, 6.07) is 18.0. The van der Waals surface area contributed by atoms with Gasteiger partial charge in [0, 0.05) is 72.9 Å². The first-order valence-electron chi connectivity index (χ1n) is 19.2. The maximum absolute atomic E-state index is 13.5. The second kappa shape index (κ2) is 14.7. The van der Waals surface area contributed by atoms with Gasteiger partial charge in [0.1, 0.15) is 11.6 Å². The average Bonchev–Trinajstić information content (AvgIpc) is 3.80. The van der Waals surface area contributed by atoms with Crippen LogP contribution in [0.1, 0.15) is 84.2 Å². The number of aromatic nitrogens is 2. The molecule has 4 aromatic rings. The van der Waals surface area contributed by atoms with Crippen molar-refractivity contribution in [3.8, 4) is 17.9 Å². The second-order valence-electron chi connectivity index (χ2n) is 15.5. The van der Waals surface area contributed by atoms with Crippen LogP contribution in [-0.4, -0.2) is 87.4 Å². The zero-order chi connectivity index (χ0) is 39.1. The minimum atomic E-state index is -0.993. The van der Waals surface area contributed by atoms with Crippen molar-refractivity contribution in [2.75, 3.05) is 36.4 Å². The Morgan fingerprint density at radius 3 is 2.36 bits per heavy atom. The first kappa shape index (κ1) is 36.7. The number of benzene rings is 3. The molecule has 0 bridgehead atoms. The summed E-state index contributed by atoms with van der Waals surface area (Å²) in [5.74, 6) is 4.82. The Morgan fingerprint density at radius 1 is 0.893 bits per heavy atom. The molecule has 2 N–H and O–H groups in total. The first-order chi connectivity index (χ1) is 27.0. The molecule has 1 aromatic heterocycles. The number of nitriles is 1. The zero-order valence-electron chi connectivity index (χ0n) is 31.4. The van der Waals surface area contributed by atoms with Gasteiger partial charge in [0.15, 0.2) is 0 Å². The van der Waals surface area contributed by atoms with Crippen LogP contribution in [0.3, 0.4) is 0 Å². The standard InChI is InChI=1S/C43H42N8O5/c1-43(2,42(56)46-36-16-11-29(24-44)32-5-3-4-6-33(32)36)50-26-28(25-45-50)8-7-27-9-12-30(13-10-27)48-19-21-49(22-20-48)31-14-15-34-35(23-31)41(55)51(40(34)54)37-17-18-38(52)47-39(37)53/h3-6,11,14-16,23,25-27,30,37H,9-10,12-13,17-22H2,1-2H3,(H,46,56)(H,47,52,53). The highest BCUT2D eigenvalue weighted by atomic mass is 16.2. The summed E-state index contributed by atoms with van der Waals surface area (Å²) in [6.45, 7) is 6.98. The van der Waals surface area contributed by atoms with Gasteiger partial charge in [-0.05, 0) is 76.3 Å². The van der Waals surface area contributed by atoms with E-state index >= 15 is 0 Å². The molecule has 4 heterocycles. The van der Waals surface area contributed by atoms with Gasteiger partial charge in [-0.15, -0.1) is 0 Å². The molecule has 13 heteroatoms. The van der Waals surface area contributed by atoms with E-state index in [0.29, 0.717) is 22.9 Å². The normalized spacial score (nSPS) is 21.6. The molecule has 5 amide bonds. The maximum Gasteiger partial charge on any atom is 0.262 e. The molecule has 3 aliphatic heterocycles. The average molecular weight is 751 g/mol. The van der Waals surface area contributed by atoms with Gasteiger partial charge in [-0.25, -0.2) is 0 Å². The van der Waals surface area contributed by atoms with E-state index in [9.17, 15) is 29.2 Å². The van der Waals surface area contributed by atoms with Gasteiger partial charge in [0.05, 0.1) is 34.5 Å². The third-order valence-corrected chi connectivity index (χ3v) is 11.7. The third kappa shape index (κ3) is 6.80. The fourth-order valence-corrected chi connectivity index (χ4v) is 8.35. The number of piperidine rings is 1. The molecule has 1 saturated carbocycles. The van der Waals surface area contributed by atoms with Crippen LogP contribution in [0.2, 0.25) is 0 Å². The highest BCUT2D eigenvalue weighted by Gasteiger charge is 2.45. The van der Waals surface area contributed by atoms with Crippen molar-refractivity contribution in [2.24, 2.45) is 5.92 Å². The number of nitrogens with zero attached hydrogens (tertiary/aromatic N) is 6. The Kier molecular flexibility index (Phi) is 9.65. The first-order valence-corrected chi connectivity index (χ1v) is 19.2. The molecular formula is C43H42N8O5. The maximum atomic E-state index is 13.5. The van der Waals surface area contributed by atoms with E-state index in [1.165, 1.54) is 0 Å². The van der Waals surface area contributed by atoms with Crippen LogP contribution >= 0.6 is 0 Å². The van der Waals surface area contributed by atoms with Gasteiger partial charge in [0.2, 0.25) is 11.8 Å². The van der Waals surface area contributed by atoms with E-state index in [1.807, 2.05) is 50.4 Å². The molecule has 3 aromatic carbocycles. The van der Waals surface area contributed by atoms with E-state index < -0.39 is 35.2 Å². The molecule has 3 fully saturated rings. The van der Waals surface area contributed by atoms with Gasteiger partial charge in [-0.3, -0.25) is 43.8 Å². The fourth-order valence-electron chi connectivity index (χ4n) is 8.35. The second-order valence-corrected chi connectivity index (χ2v) is 15.5. The van der Waals surface area contributed by atoms with Crippen LogP contribution in [0.4, 0.5) is 11.4 Å². The summed E-state index contributed by atoms with van der Waals surface area (Å²) in [5.41, 5.74) is 2.42. The van der Waals surface area contributed by atoms with Gasteiger partial charge >= 0.3 is 0 Å². The van der Waals surface area contributed by atoms with Crippen molar-refractivity contribution in [1.82, 2.24) is 24.9 Å². The Bertz CT molecular complexity index is 2380. The molecule has 1 atom stereocenters. The molecule has 284 valence electrons. The quantitative estimate of drug-likeness (QED) is 0.215. The lowest BCUT2D eigenvalue weighted by Crippen LogP contribution is -2.54. The largest absolute Gasteiger partial charge is 0.369 e. The predicted octanol–water partition coefficient (Wildman–Crippen LogP) is 4.42. The smallest absolute Gasteiger partial charge is 0.262 e. The Labute approximate surface area is 324 Å². The molecule has 8 rings (SSSR count). The number of imide groups is 2. The number of carbonyl (C=O) groups is 5. The number of nitrogens with one attached hydrogen (secondary N) is 2. The number of rotatable bonds is 6. The molecule has 0 radical (unpaired) electrons. The van der Waals surface area contributed by atoms with E-state index in [-0.39, 0.29) is 30.2 Å². The van der Waals surface area contributed by atoms with Crippen LogP contribution in [-0.2, 0) is 19.9 Å². The molecule has 0 spiro atoms. The minimum absolute atomic E-state index is 0.0878. The van der Waals surface area contributed by atoms with Crippen molar-refractivity contribution >= 4 is 51.7 Å². The number of hydrogen-bond acceptors (Lipinski definition) is 9. The summed E-state index contributed by atoms with van der Waals surface area (Å²) in [7, 11) is 0. The van der Waals surface area contributed by atoms with Gasteiger partial charge in [0.25, 0.3) is 17.7 Å². The lowest BCUT2D eigenvalue weighted by Gasteiger charge is -2.42. The van der Waals surface area contributed by atoms with Crippen LogP contribution in [0.25, 0.3) is 10.8 Å². The van der Waals surface area contributed by atoms with Crippen molar-refractivity contribution < 1.29 is 24.0 Å². The lowest BCUT2D eigenvalue weighted by molar-refractivity contribution is -0.136. The third-order valence-electron chi connectivity index (χ3n) is 11.7. The molecule has 13 nitrogen and oxygen atoms in total. The van der Waals surface area contributed by atoms with Gasteiger partial charge in [-0.1, -0.05) is 36.1 Å². The van der Waals surface area contributed by atoms with Crippen molar-refractivity contribution in [3.05, 3.63) is 89.2 Å². The molecule has 2 saturated heterocycles. The summed E-state index contributed by atoms with van der Waals surface area (Å²) < 4.78 is 1.64. The highest BCUT2D eigenvalue weighted by molar-refractivity contribution is 6.23. The molecule has 56 heavy (non-hydrogen) atoms. The van der Waals surface area contributed by atoms with Crippen molar-refractivity contribution in [3.63, 3.8) is 0 Å². The predicted molar refractivity (Wildman–Crippen MR) is 208 cm³/mol. The van der Waals surface area contributed by atoms with E-state index in [2.05, 4.69) is 43.4 Å². The Hall–Kier alpha value is -6.31. The topological polar surface area (TPSA) is 161 Å². The van der Waals surface area contributed by atoms with E-state index in [0.717, 1.165) is 78.8 Å².